The molecule has 0 bridgehead atoms. The number of anilines is 1. The number of nitrogens with zero attached hydrogens (tertiary/aromatic N) is 2. The Balaban J connectivity index is 2.28. The average Bonchev–Trinajstić information content (AvgIpc) is 2.55. The first-order valence-electron chi connectivity index (χ1n) is 4.70. The number of alkyl halides is 3. The standard InChI is InChI=1S/C10H8F3N3O/c1-6-4-16-5-7(2-3-8(16)14-6)15-9(17)10(11,12)13/h2-5H,1H3,(H,15,17). The SMILES string of the molecule is Cc1cn2cc(NC(=O)C(F)(F)F)ccc2n1. The number of aryl methyl sites for hydroxylation is 1. The van der Waals surface area contributed by atoms with Crippen molar-refractivity contribution in [2.75, 3.05) is 5.32 Å². The van der Waals surface area contributed by atoms with Gasteiger partial charge in [-0.05, 0) is 19.1 Å². The van der Waals surface area contributed by atoms with Crippen LogP contribution in [0.3, 0.4) is 0 Å². The number of halogens is 3. The third-order valence-electron chi connectivity index (χ3n) is 2.09. The molecule has 0 atom stereocenters. The van der Waals surface area contributed by atoms with Crippen LogP contribution in [0.2, 0.25) is 0 Å². The number of fused-ring (bicyclic) bond motifs is 1. The van der Waals surface area contributed by atoms with E-state index in [4.69, 9.17) is 0 Å². The first kappa shape index (κ1) is 11.4. The summed E-state index contributed by atoms with van der Waals surface area (Å²) in [5.41, 5.74) is 1.41. The van der Waals surface area contributed by atoms with E-state index in [1.165, 1.54) is 18.3 Å². The molecule has 4 nitrogen and oxygen atoms in total. The van der Waals surface area contributed by atoms with Gasteiger partial charge in [-0.15, -0.1) is 0 Å². The molecule has 1 N–H and O–H groups in total. The number of nitrogens with one attached hydrogen (secondary N) is 1. The molecule has 0 aliphatic rings. The van der Waals surface area contributed by atoms with Crippen molar-refractivity contribution in [1.82, 2.24) is 9.38 Å². The second-order valence-corrected chi connectivity index (χ2v) is 3.52. The fraction of sp³-hybridized carbons (Fsp3) is 0.200. The fourth-order valence-electron chi connectivity index (χ4n) is 1.39. The number of carbonyl (C=O) groups is 1. The van der Waals surface area contributed by atoms with Gasteiger partial charge >= 0.3 is 12.1 Å². The van der Waals surface area contributed by atoms with E-state index in [9.17, 15) is 18.0 Å². The molecule has 0 saturated carbocycles. The smallest absolute Gasteiger partial charge is 0.317 e. The minimum atomic E-state index is -4.89. The van der Waals surface area contributed by atoms with Crippen LogP contribution in [0.25, 0.3) is 5.65 Å². The van der Waals surface area contributed by atoms with Crippen LogP contribution >= 0.6 is 0 Å². The van der Waals surface area contributed by atoms with Crippen molar-refractivity contribution >= 4 is 17.2 Å². The van der Waals surface area contributed by atoms with Gasteiger partial charge in [0.15, 0.2) is 0 Å². The molecule has 2 aromatic rings. The molecule has 2 heterocycles. The highest BCUT2D eigenvalue weighted by molar-refractivity contribution is 5.94. The maximum absolute atomic E-state index is 12.0. The van der Waals surface area contributed by atoms with Gasteiger partial charge in [0.25, 0.3) is 0 Å². The second-order valence-electron chi connectivity index (χ2n) is 3.52. The summed E-state index contributed by atoms with van der Waals surface area (Å²) in [6.45, 7) is 1.76. The van der Waals surface area contributed by atoms with Crippen molar-refractivity contribution in [2.24, 2.45) is 0 Å². The zero-order valence-corrected chi connectivity index (χ0v) is 8.75. The maximum atomic E-state index is 12.0. The molecule has 7 heteroatoms. The lowest BCUT2D eigenvalue weighted by Crippen LogP contribution is -2.29. The van der Waals surface area contributed by atoms with Gasteiger partial charge in [-0.25, -0.2) is 4.98 Å². The van der Waals surface area contributed by atoms with E-state index in [1.54, 1.807) is 22.8 Å². The Labute approximate surface area is 94.1 Å². The molecule has 0 unspecified atom stereocenters. The number of pyridine rings is 1. The van der Waals surface area contributed by atoms with Crippen LogP contribution < -0.4 is 5.32 Å². The number of amides is 1. The summed E-state index contributed by atoms with van der Waals surface area (Å²) >= 11 is 0. The molecular formula is C10H8F3N3O. The average molecular weight is 243 g/mol. The number of hydrogen-bond acceptors (Lipinski definition) is 2. The highest BCUT2D eigenvalue weighted by Gasteiger charge is 2.38. The highest BCUT2D eigenvalue weighted by atomic mass is 19.4. The number of aromatic nitrogens is 2. The zero-order chi connectivity index (χ0) is 12.6. The molecule has 0 aliphatic heterocycles. The predicted molar refractivity (Wildman–Crippen MR) is 54.6 cm³/mol. The van der Waals surface area contributed by atoms with Crippen molar-refractivity contribution in [3.8, 4) is 0 Å². The van der Waals surface area contributed by atoms with Crippen LogP contribution in [0.5, 0.6) is 0 Å². The van der Waals surface area contributed by atoms with E-state index >= 15 is 0 Å². The lowest BCUT2D eigenvalue weighted by Gasteiger charge is -2.07. The Bertz CT molecular complexity index is 574. The van der Waals surface area contributed by atoms with Gasteiger partial charge in [-0.3, -0.25) is 4.79 Å². The van der Waals surface area contributed by atoms with Crippen molar-refractivity contribution in [1.29, 1.82) is 0 Å². The molecule has 90 valence electrons. The molecular weight excluding hydrogens is 235 g/mol. The molecule has 0 fully saturated rings. The molecule has 0 aromatic carbocycles. The molecule has 0 saturated heterocycles. The number of rotatable bonds is 1. The van der Waals surface area contributed by atoms with Crippen molar-refractivity contribution in [3.63, 3.8) is 0 Å². The van der Waals surface area contributed by atoms with Crippen molar-refractivity contribution in [2.45, 2.75) is 13.1 Å². The Morgan fingerprint density at radius 2 is 2.06 bits per heavy atom. The van der Waals surface area contributed by atoms with E-state index in [2.05, 4.69) is 4.98 Å². The lowest BCUT2D eigenvalue weighted by atomic mass is 10.4. The number of hydrogen-bond donors (Lipinski definition) is 1. The Hall–Kier alpha value is -2.05. The third-order valence-corrected chi connectivity index (χ3v) is 2.09. The second kappa shape index (κ2) is 3.76. The summed E-state index contributed by atoms with van der Waals surface area (Å²) in [6, 6.07) is 2.89. The van der Waals surface area contributed by atoms with E-state index < -0.39 is 12.1 Å². The summed E-state index contributed by atoms with van der Waals surface area (Å²) < 4.78 is 37.6. The van der Waals surface area contributed by atoms with E-state index in [1.807, 2.05) is 0 Å². The minimum absolute atomic E-state index is 0.0669. The van der Waals surface area contributed by atoms with E-state index in [0.29, 0.717) is 5.65 Å². The number of imidazole rings is 1. The van der Waals surface area contributed by atoms with Crippen molar-refractivity contribution < 1.29 is 18.0 Å². The third kappa shape index (κ3) is 2.38. The van der Waals surface area contributed by atoms with Crippen LogP contribution in [-0.2, 0) is 4.79 Å². The molecule has 0 radical (unpaired) electrons. The molecule has 0 aliphatic carbocycles. The quantitative estimate of drug-likeness (QED) is 0.834. The fourth-order valence-corrected chi connectivity index (χ4v) is 1.39. The van der Waals surface area contributed by atoms with Crippen LogP contribution in [0.4, 0.5) is 18.9 Å². The zero-order valence-electron chi connectivity index (χ0n) is 8.75. The van der Waals surface area contributed by atoms with Gasteiger partial charge in [-0.1, -0.05) is 0 Å². The summed E-state index contributed by atoms with van der Waals surface area (Å²) in [4.78, 5) is 14.8. The summed E-state index contributed by atoms with van der Waals surface area (Å²) in [5.74, 6) is -1.99. The lowest BCUT2D eigenvalue weighted by molar-refractivity contribution is -0.167. The monoisotopic (exact) mass is 243 g/mol. The molecule has 2 rings (SSSR count). The van der Waals surface area contributed by atoms with Gasteiger partial charge in [0.05, 0.1) is 11.4 Å². The van der Waals surface area contributed by atoms with Crippen molar-refractivity contribution in [3.05, 3.63) is 30.2 Å². The van der Waals surface area contributed by atoms with Crippen LogP contribution in [-0.4, -0.2) is 21.5 Å². The Morgan fingerprint density at radius 1 is 1.35 bits per heavy atom. The Morgan fingerprint density at radius 3 is 2.71 bits per heavy atom. The first-order chi connectivity index (χ1) is 7.86. The van der Waals surface area contributed by atoms with Gasteiger partial charge < -0.3 is 9.72 Å². The maximum Gasteiger partial charge on any atom is 0.471 e. The Kier molecular flexibility index (Phi) is 2.53. The van der Waals surface area contributed by atoms with E-state index in [-0.39, 0.29) is 5.69 Å². The van der Waals surface area contributed by atoms with E-state index in [0.717, 1.165) is 5.69 Å². The first-order valence-corrected chi connectivity index (χ1v) is 4.70. The van der Waals surface area contributed by atoms with Gasteiger partial charge in [-0.2, -0.15) is 13.2 Å². The molecule has 1 amide bonds. The van der Waals surface area contributed by atoms with Gasteiger partial charge in [0.1, 0.15) is 5.65 Å². The summed E-state index contributed by atoms with van der Waals surface area (Å²) in [6.07, 6.45) is -1.86. The minimum Gasteiger partial charge on any atom is -0.317 e. The topological polar surface area (TPSA) is 46.4 Å². The summed E-state index contributed by atoms with van der Waals surface area (Å²) in [5, 5.41) is 1.77. The molecule has 0 spiro atoms. The van der Waals surface area contributed by atoms with Crippen LogP contribution in [0.15, 0.2) is 24.5 Å². The summed E-state index contributed by atoms with van der Waals surface area (Å²) in [7, 11) is 0. The van der Waals surface area contributed by atoms with Crippen LogP contribution in [0.1, 0.15) is 5.69 Å². The largest absolute Gasteiger partial charge is 0.471 e. The number of carbonyl (C=O) groups excluding carboxylic acids is 1. The predicted octanol–water partition coefficient (Wildman–Crippen LogP) is 2.14. The normalized spacial score (nSPS) is 11.8. The van der Waals surface area contributed by atoms with Gasteiger partial charge in [0, 0.05) is 12.4 Å². The van der Waals surface area contributed by atoms with Crippen LogP contribution in [0, 0.1) is 6.92 Å². The molecule has 2 aromatic heterocycles. The highest BCUT2D eigenvalue weighted by Crippen LogP contribution is 2.18. The molecule has 17 heavy (non-hydrogen) atoms. The van der Waals surface area contributed by atoms with Gasteiger partial charge in [0.2, 0.25) is 0 Å².